The van der Waals surface area contributed by atoms with Crippen LogP contribution in [-0.2, 0) is 11.2 Å². The maximum Gasteiger partial charge on any atom is 0.199 e. The van der Waals surface area contributed by atoms with Crippen LogP contribution in [0.15, 0.2) is 24.3 Å². The molecule has 0 saturated carbocycles. The lowest BCUT2D eigenvalue weighted by atomic mass is 10.1. The molecule has 2 nitrogen and oxygen atoms in total. The van der Waals surface area contributed by atoms with Gasteiger partial charge in [-0.25, -0.2) is 0 Å². The van der Waals surface area contributed by atoms with Gasteiger partial charge in [0.05, 0.1) is 6.61 Å². The van der Waals surface area contributed by atoms with E-state index in [4.69, 9.17) is 9.47 Å². The number of ether oxygens (including phenoxy) is 2. The lowest BCUT2D eigenvalue weighted by molar-refractivity contribution is -0.105. The molecule has 1 atom stereocenters. The maximum absolute atomic E-state index is 5.81. The molecule has 0 amide bonds. The van der Waals surface area contributed by atoms with E-state index in [-0.39, 0.29) is 6.29 Å². The molecule has 18 heavy (non-hydrogen) atoms. The van der Waals surface area contributed by atoms with Gasteiger partial charge >= 0.3 is 0 Å². The van der Waals surface area contributed by atoms with Gasteiger partial charge in [0.15, 0.2) is 6.29 Å². The van der Waals surface area contributed by atoms with Crippen LogP contribution in [0.1, 0.15) is 37.7 Å². The summed E-state index contributed by atoms with van der Waals surface area (Å²) in [6, 6.07) is 8.43. The van der Waals surface area contributed by atoms with Crippen molar-refractivity contribution in [1.82, 2.24) is 0 Å². The second-order valence-electron chi connectivity index (χ2n) is 4.70. The molecule has 2 rings (SSSR count). The van der Waals surface area contributed by atoms with Crippen LogP contribution in [-0.4, -0.2) is 18.2 Å². The van der Waals surface area contributed by atoms with Gasteiger partial charge in [-0.2, -0.15) is 0 Å². The third-order valence-corrected chi connectivity index (χ3v) is 3.74. The molecule has 1 unspecified atom stereocenters. The van der Waals surface area contributed by atoms with Crippen molar-refractivity contribution >= 4 is 15.9 Å². The second kappa shape index (κ2) is 7.80. The van der Waals surface area contributed by atoms with Crippen molar-refractivity contribution in [2.75, 3.05) is 11.9 Å². The minimum absolute atomic E-state index is 0.0435. The van der Waals surface area contributed by atoms with Crippen molar-refractivity contribution < 1.29 is 9.47 Å². The molecular weight excluding hydrogens is 292 g/mol. The van der Waals surface area contributed by atoms with Gasteiger partial charge in [-0.15, -0.1) is 0 Å². The second-order valence-corrected chi connectivity index (χ2v) is 5.50. The largest absolute Gasteiger partial charge is 0.465 e. The van der Waals surface area contributed by atoms with Gasteiger partial charge in [-0.3, -0.25) is 0 Å². The average molecular weight is 313 g/mol. The zero-order valence-electron chi connectivity index (χ0n) is 10.7. The number of aryl methyl sites for hydroxylation is 1. The molecule has 0 N–H and O–H groups in total. The lowest BCUT2D eigenvalue weighted by Gasteiger charge is -2.23. The molecule has 0 aromatic heterocycles. The highest BCUT2D eigenvalue weighted by atomic mass is 79.9. The van der Waals surface area contributed by atoms with Crippen LogP contribution in [0.2, 0.25) is 0 Å². The summed E-state index contributed by atoms with van der Waals surface area (Å²) in [6.07, 6.45) is 6.93. The third kappa shape index (κ3) is 4.62. The summed E-state index contributed by atoms with van der Waals surface area (Å²) in [6.45, 7) is 0.829. The first-order valence-corrected chi connectivity index (χ1v) is 7.94. The fourth-order valence-corrected chi connectivity index (χ4v) is 2.51. The van der Waals surface area contributed by atoms with Gasteiger partial charge < -0.3 is 9.47 Å². The Morgan fingerprint density at radius 2 is 2.00 bits per heavy atom. The normalized spacial score (nSPS) is 19.7. The number of unbranched alkanes of at least 4 members (excludes halogenated alkanes) is 1. The minimum atomic E-state index is -0.0435. The molecule has 1 aliphatic rings. The monoisotopic (exact) mass is 312 g/mol. The first-order valence-electron chi connectivity index (χ1n) is 6.81. The van der Waals surface area contributed by atoms with E-state index in [0.29, 0.717) is 0 Å². The van der Waals surface area contributed by atoms with Crippen LogP contribution in [0.5, 0.6) is 5.75 Å². The Bertz CT molecular complexity index is 331. The van der Waals surface area contributed by atoms with Crippen molar-refractivity contribution in [2.45, 2.75) is 44.8 Å². The van der Waals surface area contributed by atoms with Gasteiger partial charge in [0.25, 0.3) is 0 Å². The summed E-state index contributed by atoms with van der Waals surface area (Å²) in [4.78, 5) is 0. The summed E-state index contributed by atoms with van der Waals surface area (Å²) in [7, 11) is 0. The molecule has 0 spiro atoms. The number of hydrogen-bond donors (Lipinski definition) is 0. The zero-order valence-corrected chi connectivity index (χ0v) is 12.3. The number of alkyl halides is 1. The Morgan fingerprint density at radius 3 is 2.67 bits per heavy atom. The van der Waals surface area contributed by atoms with Crippen molar-refractivity contribution in [3.8, 4) is 5.75 Å². The van der Waals surface area contributed by atoms with E-state index in [1.54, 1.807) is 0 Å². The van der Waals surface area contributed by atoms with Gasteiger partial charge in [0.1, 0.15) is 5.75 Å². The predicted octanol–water partition coefficient (Wildman–Crippen LogP) is 4.31. The van der Waals surface area contributed by atoms with Crippen molar-refractivity contribution in [2.24, 2.45) is 0 Å². The molecule has 1 saturated heterocycles. The van der Waals surface area contributed by atoms with E-state index >= 15 is 0 Å². The standard InChI is InChI=1S/C15H21BrO2/c16-11-3-1-5-13-7-9-14(10-8-13)18-15-6-2-4-12-17-15/h7-10,15H,1-6,11-12H2. The Hall–Kier alpha value is -0.540. The Kier molecular flexibility index (Phi) is 6.01. The van der Waals surface area contributed by atoms with E-state index in [9.17, 15) is 0 Å². The van der Waals surface area contributed by atoms with Crippen LogP contribution in [0.25, 0.3) is 0 Å². The summed E-state index contributed by atoms with van der Waals surface area (Å²) < 4.78 is 11.4. The van der Waals surface area contributed by atoms with Gasteiger partial charge in [-0.1, -0.05) is 28.1 Å². The van der Waals surface area contributed by atoms with E-state index < -0.39 is 0 Å². The van der Waals surface area contributed by atoms with Crippen LogP contribution < -0.4 is 4.74 Å². The van der Waals surface area contributed by atoms with Crippen LogP contribution in [0.4, 0.5) is 0 Å². The van der Waals surface area contributed by atoms with Gasteiger partial charge in [0.2, 0.25) is 0 Å². The predicted molar refractivity (Wildman–Crippen MR) is 77.4 cm³/mol. The molecule has 1 heterocycles. The quantitative estimate of drug-likeness (QED) is 0.575. The molecule has 100 valence electrons. The van der Waals surface area contributed by atoms with Crippen molar-refractivity contribution in [3.05, 3.63) is 29.8 Å². The molecule has 1 fully saturated rings. The number of benzene rings is 1. The number of hydrogen-bond acceptors (Lipinski definition) is 2. The van der Waals surface area contributed by atoms with E-state index in [2.05, 4.69) is 40.2 Å². The molecule has 0 bridgehead atoms. The van der Waals surface area contributed by atoms with E-state index in [1.165, 1.54) is 24.8 Å². The maximum atomic E-state index is 5.81. The third-order valence-electron chi connectivity index (χ3n) is 3.18. The van der Waals surface area contributed by atoms with Crippen LogP contribution in [0.3, 0.4) is 0 Å². The molecule has 1 aromatic carbocycles. The highest BCUT2D eigenvalue weighted by Crippen LogP contribution is 2.20. The summed E-state index contributed by atoms with van der Waals surface area (Å²) in [5, 5.41) is 1.09. The first kappa shape index (κ1) is 13.9. The van der Waals surface area contributed by atoms with Gasteiger partial charge in [-0.05, 0) is 49.8 Å². The number of rotatable bonds is 6. The Labute approximate surface area is 118 Å². The molecular formula is C15H21BrO2. The van der Waals surface area contributed by atoms with Crippen molar-refractivity contribution in [1.29, 1.82) is 0 Å². The first-order chi connectivity index (χ1) is 8.88. The SMILES string of the molecule is BrCCCCc1ccc(OC2CCCCO2)cc1. The minimum Gasteiger partial charge on any atom is -0.465 e. The Balaban J connectivity index is 1.79. The molecule has 1 aliphatic heterocycles. The van der Waals surface area contributed by atoms with Crippen molar-refractivity contribution in [3.63, 3.8) is 0 Å². The van der Waals surface area contributed by atoms with E-state index in [1.807, 2.05) is 0 Å². The topological polar surface area (TPSA) is 18.5 Å². The summed E-state index contributed by atoms with van der Waals surface area (Å²) >= 11 is 3.46. The molecule has 0 aliphatic carbocycles. The highest BCUT2D eigenvalue weighted by molar-refractivity contribution is 9.09. The summed E-state index contributed by atoms with van der Waals surface area (Å²) in [5.41, 5.74) is 1.38. The lowest BCUT2D eigenvalue weighted by Crippen LogP contribution is -2.24. The van der Waals surface area contributed by atoms with E-state index in [0.717, 1.165) is 36.9 Å². The zero-order chi connectivity index (χ0) is 12.6. The summed E-state index contributed by atoms with van der Waals surface area (Å²) in [5.74, 6) is 0.922. The van der Waals surface area contributed by atoms with Crippen LogP contribution >= 0.6 is 15.9 Å². The van der Waals surface area contributed by atoms with Gasteiger partial charge in [0, 0.05) is 11.8 Å². The number of halogens is 1. The molecule has 3 heteroatoms. The average Bonchev–Trinajstić information content (AvgIpc) is 2.42. The fourth-order valence-electron chi connectivity index (χ4n) is 2.11. The van der Waals surface area contributed by atoms with Crippen LogP contribution in [0, 0.1) is 0 Å². The molecule has 0 radical (unpaired) electrons. The molecule has 1 aromatic rings. The Morgan fingerprint density at radius 1 is 1.17 bits per heavy atom. The highest BCUT2D eigenvalue weighted by Gasteiger charge is 2.14. The fraction of sp³-hybridized carbons (Fsp3) is 0.600. The smallest absolute Gasteiger partial charge is 0.199 e.